The average Bonchev–Trinajstić information content (AvgIpc) is 2.35. The molecule has 0 radical (unpaired) electrons. The molecule has 1 N–H and O–H groups in total. The van der Waals surface area contributed by atoms with E-state index >= 15 is 0 Å². The van der Waals surface area contributed by atoms with Crippen molar-refractivity contribution in [2.75, 3.05) is 18.0 Å². The summed E-state index contributed by atoms with van der Waals surface area (Å²) in [6, 6.07) is 4.18. The molecule has 2 rings (SSSR count). The maximum Gasteiger partial charge on any atom is 0.342 e. The Balaban J connectivity index is 2.38. The molecule has 1 unspecified atom stereocenters. The van der Waals surface area contributed by atoms with Gasteiger partial charge in [-0.15, -0.1) is 0 Å². The number of carbonyl (C=O) groups is 1. The highest BCUT2D eigenvalue weighted by Crippen LogP contribution is 2.29. The molecule has 21 heavy (non-hydrogen) atoms. The first-order valence-corrected chi connectivity index (χ1v) is 6.64. The minimum absolute atomic E-state index is 0.00257. The lowest BCUT2D eigenvalue weighted by atomic mass is 10.0. The Labute approximate surface area is 122 Å². The summed E-state index contributed by atoms with van der Waals surface area (Å²) in [5.41, 5.74) is -0.398. The Morgan fingerprint density at radius 2 is 2.19 bits per heavy atom. The number of aromatic carboxylic acids is 1. The maximum atomic E-state index is 11.2. The smallest absolute Gasteiger partial charge is 0.342 e. The fourth-order valence-corrected chi connectivity index (χ4v) is 2.70. The largest absolute Gasteiger partial charge is 0.477 e. The lowest BCUT2D eigenvalue weighted by molar-refractivity contribution is -0.385. The molecule has 1 heterocycles. The van der Waals surface area contributed by atoms with Crippen LogP contribution < -0.4 is 4.90 Å². The Morgan fingerprint density at radius 1 is 1.52 bits per heavy atom. The van der Waals surface area contributed by atoms with E-state index in [1.807, 2.05) is 25.7 Å². The summed E-state index contributed by atoms with van der Waals surface area (Å²) in [5, 5.41) is 20.0. The highest BCUT2D eigenvalue weighted by Gasteiger charge is 2.32. The van der Waals surface area contributed by atoms with Gasteiger partial charge in [-0.2, -0.15) is 0 Å². The van der Waals surface area contributed by atoms with Gasteiger partial charge in [0.25, 0.3) is 5.69 Å². The van der Waals surface area contributed by atoms with E-state index in [1.165, 1.54) is 12.1 Å². The predicted molar refractivity (Wildman–Crippen MR) is 76.9 cm³/mol. The van der Waals surface area contributed by atoms with E-state index in [0.29, 0.717) is 18.8 Å². The average molecular weight is 294 g/mol. The van der Waals surface area contributed by atoms with E-state index in [9.17, 15) is 14.9 Å². The zero-order valence-electron chi connectivity index (χ0n) is 12.2. The van der Waals surface area contributed by atoms with Crippen molar-refractivity contribution >= 4 is 17.3 Å². The summed E-state index contributed by atoms with van der Waals surface area (Å²) >= 11 is 0. The van der Waals surface area contributed by atoms with E-state index in [-0.39, 0.29) is 17.3 Å². The van der Waals surface area contributed by atoms with Crippen molar-refractivity contribution in [2.45, 2.75) is 32.5 Å². The van der Waals surface area contributed by atoms with Crippen molar-refractivity contribution in [3.63, 3.8) is 0 Å². The molecular weight excluding hydrogens is 276 g/mol. The van der Waals surface area contributed by atoms with Crippen LogP contribution in [0.3, 0.4) is 0 Å². The number of ether oxygens (including phenoxy) is 1. The quantitative estimate of drug-likeness (QED) is 0.679. The summed E-state index contributed by atoms with van der Waals surface area (Å²) in [6.45, 7) is 7.06. The van der Waals surface area contributed by atoms with Crippen molar-refractivity contribution < 1.29 is 19.6 Å². The number of anilines is 1. The molecule has 0 bridgehead atoms. The zero-order chi connectivity index (χ0) is 15.8. The summed E-state index contributed by atoms with van der Waals surface area (Å²) < 4.78 is 5.80. The molecule has 114 valence electrons. The van der Waals surface area contributed by atoms with Crippen molar-refractivity contribution in [1.29, 1.82) is 0 Å². The monoisotopic (exact) mass is 294 g/mol. The van der Waals surface area contributed by atoms with Gasteiger partial charge in [-0.1, -0.05) is 0 Å². The molecule has 1 atom stereocenters. The number of nitro benzene ring substituents is 1. The molecular formula is C14H18N2O5. The van der Waals surface area contributed by atoms with E-state index in [1.54, 1.807) is 6.07 Å². The number of hydrogen-bond acceptors (Lipinski definition) is 5. The molecule has 1 saturated heterocycles. The summed E-state index contributed by atoms with van der Waals surface area (Å²) in [7, 11) is 0. The molecule has 0 spiro atoms. The summed E-state index contributed by atoms with van der Waals surface area (Å²) in [4.78, 5) is 23.4. The van der Waals surface area contributed by atoms with Gasteiger partial charge >= 0.3 is 5.97 Å². The molecule has 7 heteroatoms. The SMILES string of the molecule is CC1CN(c2ccc([N+](=O)[O-])c(C(=O)O)c2)CC(C)(C)O1. The molecule has 0 saturated carbocycles. The standard InChI is InChI=1S/C14H18N2O5/c1-9-7-15(8-14(2,3)21-9)10-4-5-12(16(19)20)11(6-10)13(17)18/h4-6,9H,7-8H2,1-3H3,(H,17,18). The molecule has 1 fully saturated rings. The summed E-state index contributed by atoms with van der Waals surface area (Å²) in [5.74, 6) is -1.30. The molecule has 1 aliphatic heterocycles. The van der Waals surface area contributed by atoms with Crippen LogP contribution >= 0.6 is 0 Å². The van der Waals surface area contributed by atoms with Crippen LogP contribution in [0.1, 0.15) is 31.1 Å². The van der Waals surface area contributed by atoms with Crippen molar-refractivity contribution in [2.24, 2.45) is 0 Å². The second-order valence-corrected chi connectivity index (χ2v) is 5.83. The second-order valence-electron chi connectivity index (χ2n) is 5.83. The number of hydrogen-bond donors (Lipinski definition) is 1. The van der Waals surface area contributed by atoms with Gasteiger partial charge in [0, 0.05) is 24.8 Å². The van der Waals surface area contributed by atoms with Crippen LogP contribution in [0, 0.1) is 10.1 Å². The summed E-state index contributed by atoms with van der Waals surface area (Å²) in [6.07, 6.45) is -0.00257. The molecule has 0 amide bonds. The number of nitrogens with zero attached hydrogens (tertiary/aromatic N) is 2. The van der Waals surface area contributed by atoms with Crippen molar-refractivity contribution in [1.82, 2.24) is 0 Å². The van der Waals surface area contributed by atoms with Gasteiger partial charge in [-0.25, -0.2) is 4.79 Å². The fraction of sp³-hybridized carbons (Fsp3) is 0.500. The molecule has 1 aromatic carbocycles. The third kappa shape index (κ3) is 3.30. The third-order valence-corrected chi connectivity index (χ3v) is 3.34. The highest BCUT2D eigenvalue weighted by atomic mass is 16.6. The van der Waals surface area contributed by atoms with Crippen LogP contribution in [0.25, 0.3) is 0 Å². The normalized spacial score (nSPS) is 21.1. The number of nitro groups is 1. The van der Waals surface area contributed by atoms with Gasteiger partial charge in [0.15, 0.2) is 0 Å². The van der Waals surface area contributed by atoms with E-state index in [0.717, 1.165) is 0 Å². The van der Waals surface area contributed by atoms with E-state index in [2.05, 4.69) is 0 Å². The molecule has 1 aliphatic rings. The Hall–Kier alpha value is -2.15. The molecule has 1 aromatic rings. The van der Waals surface area contributed by atoms with Gasteiger partial charge in [0.05, 0.1) is 16.6 Å². The van der Waals surface area contributed by atoms with Gasteiger partial charge < -0.3 is 14.7 Å². The van der Waals surface area contributed by atoms with Crippen LogP contribution in [0.15, 0.2) is 18.2 Å². The first-order chi connectivity index (χ1) is 9.69. The second kappa shape index (κ2) is 5.33. The lowest BCUT2D eigenvalue weighted by Crippen LogP contribution is -2.52. The number of carboxylic acids is 1. The van der Waals surface area contributed by atoms with E-state index in [4.69, 9.17) is 9.84 Å². The zero-order valence-corrected chi connectivity index (χ0v) is 12.2. The molecule has 0 aromatic heterocycles. The number of benzene rings is 1. The first kappa shape index (κ1) is 15.2. The molecule has 7 nitrogen and oxygen atoms in total. The van der Waals surface area contributed by atoms with Gasteiger partial charge in [0.2, 0.25) is 0 Å². The van der Waals surface area contributed by atoms with Gasteiger partial charge in [0.1, 0.15) is 5.56 Å². The number of rotatable bonds is 3. The Morgan fingerprint density at radius 3 is 2.71 bits per heavy atom. The van der Waals surface area contributed by atoms with Crippen LogP contribution in [-0.4, -0.2) is 40.8 Å². The van der Waals surface area contributed by atoms with E-state index < -0.39 is 16.6 Å². The first-order valence-electron chi connectivity index (χ1n) is 6.64. The van der Waals surface area contributed by atoms with Crippen LogP contribution in [-0.2, 0) is 4.74 Å². The Bertz CT molecular complexity index is 585. The van der Waals surface area contributed by atoms with Gasteiger partial charge in [-0.3, -0.25) is 10.1 Å². The fourth-order valence-electron chi connectivity index (χ4n) is 2.70. The van der Waals surface area contributed by atoms with Crippen LogP contribution in [0.5, 0.6) is 0 Å². The lowest BCUT2D eigenvalue weighted by Gasteiger charge is -2.43. The number of morpholine rings is 1. The highest BCUT2D eigenvalue weighted by molar-refractivity contribution is 5.93. The van der Waals surface area contributed by atoms with Crippen LogP contribution in [0.2, 0.25) is 0 Å². The van der Waals surface area contributed by atoms with Gasteiger partial charge in [-0.05, 0) is 32.9 Å². The number of carboxylic acid groups (broad SMARTS) is 1. The minimum atomic E-state index is -1.30. The predicted octanol–water partition coefficient (Wildman–Crippen LogP) is 2.30. The molecule has 0 aliphatic carbocycles. The van der Waals surface area contributed by atoms with Crippen molar-refractivity contribution in [3.8, 4) is 0 Å². The maximum absolute atomic E-state index is 11.2. The Kier molecular flexibility index (Phi) is 3.87. The minimum Gasteiger partial charge on any atom is -0.477 e. The third-order valence-electron chi connectivity index (χ3n) is 3.34. The van der Waals surface area contributed by atoms with Crippen molar-refractivity contribution in [3.05, 3.63) is 33.9 Å². The van der Waals surface area contributed by atoms with Crippen LogP contribution in [0.4, 0.5) is 11.4 Å². The topological polar surface area (TPSA) is 92.9 Å².